The molecule has 0 aliphatic heterocycles. The second-order valence-corrected chi connectivity index (χ2v) is 6.59. The molecule has 0 saturated carbocycles. The SMILES string of the molecule is CCc1cc(Nc2ccc(-c3ccccc3-c3nnn[nH]3)cc2)n2nccc2n1. The van der Waals surface area contributed by atoms with Crippen LogP contribution in [0.2, 0.25) is 0 Å². The number of hydrogen-bond acceptors (Lipinski definition) is 6. The Hall–Kier alpha value is -4.07. The molecule has 0 atom stereocenters. The van der Waals surface area contributed by atoms with E-state index in [1.54, 1.807) is 10.7 Å². The average Bonchev–Trinajstić information content (AvgIpc) is 3.46. The molecule has 0 spiro atoms. The quantitative estimate of drug-likeness (QED) is 0.479. The topological polar surface area (TPSA) is 96.7 Å². The number of benzene rings is 2. The Morgan fingerprint density at radius 1 is 1.00 bits per heavy atom. The second kappa shape index (κ2) is 7.16. The van der Waals surface area contributed by atoms with E-state index in [0.29, 0.717) is 5.82 Å². The van der Waals surface area contributed by atoms with E-state index in [0.717, 1.165) is 46.0 Å². The molecule has 0 aliphatic carbocycles. The number of nitrogens with zero attached hydrogens (tertiary/aromatic N) is 6. The van der Waals surface area contributed by atoms with Gasteiger partial charge in [-0.25, -0.2) is 10.1 Å². The van der Waals surface area contributed by atoms with Crippen molar-refractivity contribution in [2.24, 2.45) is 0 Å². The van der Waals surface area contributed by atoms with Gasteiger partial charge in [0.2, 0.25) is 0 Å². The van der Waals surface area contributed by atoms with E-state index < -0.39 is 0 Å². The minimum Gasteiger partial charge on any atom is -0.340 e. The fourth-order valence-corrected chi connectivity index (χ4v) is 3.33. The smallest absolute Gasteiger partial charge is 0.180 e. The average molecular weight is 382 g/mol. The second-order valence-electron chi connectivity index (χ2n) is 6.59. The highest BCUT2D eigenvalue weighted by Crippen LogP contribution is 2.30. The molecule has 5 rings (SSSR count). The van der Waals surface area contributed by atoms with Crippen LogP contribution in [-0.2, 0) is 6.42 Å². The van der Waals surface area contributed by atoms with Crippen molar-refractivity contribution in [1.29, 1.82) is 0 Å². The van der Waals surface area contributed by atoms with Crippen LogP contribution in [0.3, 0.4) is 0 Å². The van der Waals surface area contributed by atoms with Gasteiger partial charge < -0.3 is 5.32 Å². The summed E-state index contributed by atoms with van der Waals surface area (Å²) in [6.07, 6.45) is 2.62. The first-order chi connectivity index (χ1) is 14.3. The van der Waals surface area contributed by atoms with Gasteiger partial charge in [0.1, 0.15) is 5.82 Å². The Morgan fingerprint density at radius 3 is 2.59 bits per heavy atom. The Labute approximate surface area is 166 Å². The summed E-state index contributed by atoms with van der Waals surface area (Å²) in [7, 11) is 0. The van der Waals surface area contributed by atoms with Crippen LogP contribution in [0.5, 0.6) is 0 Å². The lowest BCUT2D eigenvalue weighted by Crippen LogP contribution is -2.03. The summed E-state index contributed by atoms with van der Waals surface area (Å²) in [5.74, 6) is 1.53. The van der Waals surface area contributed by atoms with Gasteiger partial charge in [-0.05, 0) is 40.1 Å². The summed E-state index contributed by atoms with van der Waals surface area (Å²) in [6, 6.07) is 20.2. The molecule has 142 valence electrons. The van der Waals surface area contributed by atoms with Gasteiger partial charge >= 0.3 is 0 Å². The van der Waals surface area contributed by atoms with Crippen LogP contribution in [0.1, 0.15) is 12.6 Å². The van der Waals surface area contributed by atoms with Crippen LogP contribution in [0.15, 0.2) is 66.9 Å². The molecule has 29 heavy (non-hydrogen) atoms. The van der Waals surface area contributed by atoms with Crippen LogP contribution >= 0.6 is 0 Å². The first kappa shape index (κ1) is 17.1. The molecule has 0 saturated heterocycles. The molecule has 3 heterocycles. The third-order valence-corrected chi connectivity index (χ3v) is 4.77. The molecule has 0 amide bonds. The van der Waals surface area contributed by atoms with E-state index in [1.165, 1.54) is 0 Å². The zero-order valence-electron chi connectivity index (χ0n) is 15.7. The zero-order chi connectivity index (χ0) is 19.6. The van der Waals surface area contributed by atoms with Gasteiger partial charge in [0, 0.05) is 29.1 Å². The number of aromatic nitrogens is 7. The molecule has 3 aromatic heterocycles. The number of fused-ring (bicyclic) bond motifs is 1. The van der Waals surface area contributed by atoms with Crippen molar-refractivity contribution in [3.05, 3.63) is 72.6 Å². The van der Waals surface area contributed by atoms with Gasteiger partial charge in [-0.1, -0.05) is 43.3 Å². The summed E-state index contributed by atoms with van der Waals surface area (Å²) >= 11 is 0. The third-order valence-electron chi connectivity index (χ3n) is 4.77. The number of aromatic amines is 1. The van der Waals surface area contributed by atoms with E-state index in [9.17, 15) is 0 Å². The summed E-state index contributed by atoms with van der Waals surface area (Å²) in [5.41, 5.74) is 5.92. The van der Waals surface area contributed by atoms with Crippen LogP contribution in [0, 0.1) is 0 Å². The standard InChI is InChI=1S/C21H18N8/c1-2-15-13-20(29-19(23-15)11-12-22-29)24-16-9-7-14(8-10-16)17-5-3-4-6-18(17)21-25-27-28-26-21/h3-13,24H,2H2,1H3,(H,25,26,27,28). The fourth-order valence-electron chi connectivity index (χ4n) is 3.33. The van der Waals surface area contributed by atoms with Crippen LogP contribution in [0.4, 0.5) is 11.5 Å². The van der Waals surface area contributed by atoms with E-state index in [1.807, 2.05) is 42.5 Å². The molecule has 0 unspecified atom stereocenters. The molecule has 0 fully saturated rings. The summed E-state index contributed by atoms with van der Waals surface area (Å²) in [5, 5.41) is 22.1. The normalized spacial score (nSPS) is 11.1. The number of tetrazole rings is 1. The zero-order valence-corrected chi connectivity index (χ0v) is 15.7. The summed E-state index contributed by atoms with van der Waals surface area (Å²) in [4.78, 5) is 4.59. The minimum absolute atomic E-state index is 0.646. The lowest BCUT2D eigenvalue weighted by Gasteiger charge is -2.11. The molecule has 8 nitrogen and oxygen atoms in total. The minimum atomic E-state index is 0.646. The third kappa shape index (κ3) is 3.20. The van der Waals surface area contributed by atoms with Crippen molar-refractivity contribution < 1.29 is 0 Å². The van der Waals surface area contributed by atoms with Gasteiger partial charge in [0.25, 0.3) is 0 Å². The molecule has 5 aromatic rings. The molecule has 0 aliphatic rings. The maximum atomic E-state index is 4.59. The molecular formula is C21H18N8. The largest absolute Gasteiger partial charge is 0.340 e. The number of aryl methyl sites for hydroxylation is 1. The van der Waals surface area contributed by atoms with Crippen molar-refractivity contribution in [3.8, 4) is 22.5 Å². The number of anilines is 2. The Kier molecular flexibility index (Phi) is 4.21. The van der Waals surface area contributed by atoms with E-state index in [4.69, 9.17) is 0 Å². The van der Waals surface area contributed by atoms with Crippen LogP contribution < -0.4 is 5.32 Å². The molecule has 0 bridgehead atoms. The summed E-state index contributed by atoms with van der Waals surface area (Å²) < 4.78 is 1.80. The lowest BCUT2D eigenvalue weighted by atomic mass is 9.99. The maximum absolute atomic E-state index is 4.59. The van der Waals surface area contributed by atoms with E-state index >= 15 is 0 Å². The molecule has 0 radical (unpaired) electrons. The number of nitrogens with one attached hydrogen (secondary N) is 2. The predicted molar refractivity (Wildman–Crippen MR) is 111 cm³/mol. The molecule has 8 heteroatoms. The van der Waals surface area contributed by atoms with Gasteiger partial charge in [-0.2, -0.15) is 9.61 Å². The fraction of sp³-hybridized carbons (Fsp3) is 0.0952. The lowest BCUT2D eigenvalue weighted by molar-refractivity contribution is 0.881. The van der Waals surface area contributed by atoms with Crippen molar-refractivity contribution in [3.63, 3.8) is 0 Å². The Balaban J connectivity index is 1.48. The predicted octanol–water partition coefficient (Wildman–Crippen LogP) is 3.88. The molecular weight excluding hydrogens is 364 g/mol. The first-order valence-electron chi connectivity index (χ1n) is 9.36. The van der Waals surface area contributed by atoms with Crippen LogP contribution in [0.25, 0.3) is 28.2 Å². The van der Waals surface area contributed by atoms with Crippen molar-refractivity contribution >= 4 is 17.2 Å². The van der Waals surface area contributed by atoms with Crippen LogP contribution in [-0.4, -0.2) is 35.2 Å². The first-order valence-corrected chi connectivity index (χ1v) is 9.36. The Morgan fingerprint density at radius 2 is 1.83 bits per heavy atom. The number of rotatable bonds is 5. The number of H-pyrrole nitrogens is 1. The monoisotopic (exact) mass is 382 g/mol. The highest BCUT2D eigenvalue weighted by molar-refractivity contribution is 5.81. The van der Waals surface area contributed by atoms with Gasteiger partial charge in [0.05, 0.1) is 6.20 Å². The van der Waals surface area contributed by atoms with E-state index in [2.05, 4.69) is 61.1 Å². The van der Waals surface area contributed by atoms with Gasteiger partial charge in [0.15, 0.2) is 11.5 Å². The van der Waals surface area contributed by atoms with Crippen molar-refractivity contribution in [2.45, 2.75) is 13.3 Å². The summed E-state index contributed by atoms with van der Waals surface area (Å²) in [6.45, 7) is 2.09. The molecule has 2 aromatic carbocycles. The van der Waals surface area contributed by atoms with E-state index in [-0.39, 0.29) is 0 Å². The highest BCUT2D eigenvalue weighted by atomic mass is 15.5. The highest BCUT2D eigenvalue weighted by Gasteiger charge is 2.10. The van der Waals surface area contributed by atoms with Gasteiger partial charge in [-0.3, -0.25) is 0 Å². The van der Waals surface area contributed by atoms with Gasteiger partial charge in [-0.15, -0.1) is 5.10 Å². The maximum Gasteiger partial charge on any atom is 0.180 e. The van der Waals surface area contributed by atoms with Crippen molar-refractivity contribution in [2.75, 3.05) is 5.32 Å². The van der Waals surface area contributed by atoms with Crippen molar-refractivity contribution in [1.82, 2.24) is 35.2 Å². The Bertz CT molecular complexity index is 1260. The molecule has 2 N–H and O–H groups in total. The number of hydrogen-bond donors (Lipinski definition) is 2.